The molecule has 0 N–H and O–H groups in total. The molecule has 0 aliphatic heterocycles. The lowest BCUT2D eigenvalue weighted by Crippen LogP contribution is -2.19. The van der Waals surface area contributed by atoms with Crippen molar-refractivity contribution in [3.8, 4) is 0 Å². The highest BCUT2D eigenvalue weighted by molar-refractivity contribution is 6.31. The molecule has 0 fully saturated rings. The van der Waals surface area contributed by atoms with Gasteiger partial charge in [0.25, 0.3) is 0 Å². The average Bonchev–Trinajstić information content (AvgIpc) is 2.57. The number of carbonyl (C=O) groups is 1. The maximum absolute atomic E-state index is 11.2. The highest BCUT2D eigenvalue weighted by Gasteiger charge is 2.15. The molecule has 0 radical (unpaired) electrons. The summed E-state index contributed by atoms with van der Waals surface area (Å²) in [6.07, 6.45) is 2.53. The second-order valence-corrected chi connectivity index (χ2v) is 3.83. The van der Waals surface area contributed by atoms with Crippen LogP contribution in [0.25, 0.3) is 0 Å². The number of nitrogens with zero attached hydrogens (tertiary/aromatic N) is 2. The highest BCUT2D eigenvalue weighted by Crippen LogP contribution is 2.15. The number of rotatable bonds is 4. The Hall–Kier alpha value is -1.03. The zero-order chi connectivity index (χ0) is 11.4. The van der Waals surface area contributed by atoms with Crippen LogP contribution in [0.4, 0.5) is 0 Å². The Bertz CT molecular complexity index is 349. The molecule has 1 aromatic heterocycles. The molecule has 0 saturated carbocycles. The van der Waals surface area contributed by atoms with Gasteiger partial charge in [-0.25, -0.2) is 0 Å². The van der Waals surface area contributed by atoms with E-state index in [1.165, 1.54) is 7.11 Å². The molecule has 4 nitrogen and oxygen atoms in total. The molecule has 1 aromatic rings. The van der Waals surface area contributed by atoms with Crippen molar-refractivity contribution in [2.24, 2.45) is 5.92 Å². The summed E-state index contributed by atoms with van der Waals surface area (Å²) in [5.41, 5.74) is 0.855. The monoisotopic (exact) mass is 230 g/mol. The highest BCUT2D eigenvalue weighted by atomic mass is 35.5. The van der Waals surface area contributed by atoms with Gasteiger partial charge in [-0.1, -0.05) is 25.4 Å². The Kier molecular flexibility index (Phi) is 4.15. The predicted molar refractivity (Wildman–Crippen MR) is 57.8 cm³/mol. The number of halogens is 1. The minimum absolute atomic E-state index is 0.212. The Morgan fingerprint density at radius 2 is 2.40 bits per heavy atom. The molecule has 5 heteroatoms. The summed E-state index contributed by atoms with van der Waals surface area (Å²) in [7, 11) is 1.38. The third-order valence-corrected chi connectivity index (χ3v) is 2.50. The number of methoxy groups -OCH3 is 1. The molecule has 0 spiro atoms. The summed E-state index contributed by atoms with van der Waals surface area (Å²) in [4.78, 5) is 11.2. The summed E-state index contributed by atoms with van der Waals surface area (Å²) >= 11 is 5.94. The maximum Gasteiger partial charge on any atom is 0.310 e. The van der Waals surface area contributed by atoms with Crippen LogP contribution in [0.15, 0.2) is 6.20 Å². The number of aryl methyl sites for hydroxylation is 1. The van der Waals surface area contributed by atoms with E-state index < -0.39 is 0 Å². The first-order valence-electron chi connectivity index (χ1n) is 4.88. The third-order valence-electron chi connectivity index (χ3n) is 2.19. The Morgan fingerprint density at radius 1 is 1.73 bits per heavy atom. The average molecular weight is 231 g/mol. The van der Waals surface area contributed by atoms with Crippen LogP contribution in [0, 0.1) is 5.92 Å². The van der Waals surface area contributed by atoms with Crippen molar-refractivity contribution in [2.45, 2.75) is 26.8 Å². The molecule has 84 valence electrons. The van der Waals surface area contributed by atoms with E-state index in [-0.39, 0.29) is 11.9 Å². The van der Waals surface area contributed by atoms with Gasteiger partial charge < -0.3 is 4.74 Å². The van der Waals surface area contributed by atoms with E-state index in [1.807, 2.05) is 6.92 Å². The van der Waals surface area contributed by atoms with Gasteiger partial charge in [0, 0.05) is 6.20 Å². The first-order valence-corrected chi connectivity index (χ1v) is 5.26. The molecule has 1 rings (SSSR count). The van der Waals surface area contributed by atoms with Gasteiger partial charge in [-0.2, -0.15) is 5.10 Å². The minimum atomic E-state index is -0.236. The molecule has 0 aromatic carbocycles. The number of carbonyl (C=O) groups excluding carboxylic acids is 1. The molecular formula is C10H15ClN2O2. The summed E-state index contributed by atoms with van der Waals surface area (Å²) in [6.45, 7) is 4.28. The summed E-state index contributed by atoms with van der Waals surface area (Å²) in [5, 5.41) is 4.91. The molecule has 0 amide bonds. The number of hydrogen-bond donors (Lipinski definition) is 0. The van der Waals surface area contributed by atoms with Gasteiger partial charge in [0.15, 0.2) is 0 Å². The molecule has 1 atom stereocenters. The zero-order valence-electron chi connectivity index (χ0n) is 9.16. The van der Waals surface area contributed by atoms with Crippen molar-refractivity contribution in [1.29, 1.82) is 0 Å². The van der Waals surface area contributed by atoms with Gasteiger partial charge >= 0.3 is 5.97 Å². The van der Waals surface area contributed by atoms with Crippen molar-refractivity contribution in [2.75, 3.05) is 7.11 Å². The van der Waals surface area contributed by atoms with Gasteiger partial charge in [0.2, 0.25) is 0 Å². The minimum Gasteiger partial charge on any atom is -0.469 e. The maximum atomic E-state index is 11.2. The van der Waals surface area contributed by atoms with E-state index >= 15 is 0 Å². The Labute approximate surface area is 94.2 Å². The van der Waals surface area contributed by atoms with Gasteiger partial charge in [-0.15, -0.1) is 0 Å². The zero-order valence-corrected chi connectivity index (χ0v) is 9.91. The van der Waals surface area contributed by atoms with E-state index in [9.17, 15) is 4.79 Å². The van der Waals surface area contributed by atoms with Crippen LogP contribution >= 0.6 is 11.6 Å². The van der Waals surface area contributed by atoms with Crippen LogP contribution in [-0.2, 0) is 22.5 Å². The lowest BCUT2D eigenvalue weighted by atomic mass is 10.2. The van der Waals surface area contributed by atoms with Gasteiger partial charge in [-0.05, 0) is 6.42 Å². The van der Waals surface area contributed by atoms with E-state index in [0.717, 1.165) is 12.1 Å². The lowest BCUT2D eigenvalue weighted by molar-refractivity contribution is -0.145. The van der Waals surface area contributed by atoms with Gasteiger partial charge in [-0.3, -0.25) is 9.48 Å². The van der Waals surface area contributed by atoms with Crippen molar-refractivity contribution in [3.63, 3.8) is 0 Å². The summed E-state index contributed by atoms with van der Waals surface area (Å²) in [5.74, 6) is -0.449. The third kappa shape index (κ3) is 2.96. The summed E-state index contributed by atoms with van der Waals surface area (Å²) in [6, 6.07) is 0. The molecule has 1 heterocycles. The van der Waals surface area contributed by atoms with Crippen LogP contribution in [0.3, 0.4) is 0 Å². The van der Waals surface area contributed by atoms with Crippen LogP contribution in [0.2, 0.25) is 5.02 Å². The topological polar surface area (TPSA) is 44.1 Å². The number of aromatic nitrogens is 2. The van der Waals surface area contributed by atoms with Crippen molar-refractivity contribution in [1.82, 2.24) is 9.78 Å². The first kappa shape index (κ1) is 12.0. The molecule has 0 bridgehead atoms. The van der Waals surface area contributed by atoms with Crippen LogP contribution in [0.1, 0.15) is 19.5 Å². The standard InChI is InChI=1S/C10H15ClN2O2/c1-4-9-8(11)6-13(12-9)5-7(2)10(14)15-3/h6-7H,4-5H2,1-3H3. The number of ether oxygens (including phenoxy) is 1. The smallest absolute Gasteiger partial charge is 0.310 e. The lowest BCUT2D eigenvalue weighted by Gasteiger charge is -2.08. The Balaban J connectivity index is 2.68. The molecule has 1 unspecified atom stereocenters. The van der Waals surface area contributed by atoms with Crippen LogP contribution in [-0.4, -0.2) is 22.9 Å². The fraction of sp³-hybridized carbons (Fsp3) is 0.600. The molecule has 0 aliphatic carbocycles. The van der Waals surface area contributed by atoms with E-state index in [2.05, 4.69) is 9.84 Å². The fourth-order valence-electron chi connectivity index (χ4n) is 1.33. The van der Waals surface area contributed by atoms with Crippen molar-refractivity contribution < 1.29 is 9.53 Å². The number of esters is 1. The van der Waals surface area contributed by atoms with Crippen LogP contribution < -0.4 is 0 Å². The molecule has 15 heavy (non-hydrogen) atoms. The molecular weight excluding hydrogens is 216 g/mol. The van der Waals surface area contributed by atoms with Gasteiger partial charge in [0.05, 0.1) is 30.3 Å². The van der Waals surface area contributed by atoms with Crippen molar-refractivity contribution >= 4 is 17.6 Å². The van der Waals surface area contributed by atoms with E-state index in [1.54, 1.807) is 17.8 Å². The second-order valence-electron chi connectivity index (χ2n) is 3.42. The second kappa shape index (κ2) is 5.16. The first-order chi connectivity index (χ1) is 7.08. The largest absolute Gasteiger partial charge is 0.469 e. The summed E-state index contributed by atoms with van der Waals surface area (Å²) < 4.78 is 6.32. The molecule has 0 saturated heterocycles. The van der Waals surface area contributed by atoms with Crippen molar-refractivity contribution in [3.05, 3.63) is 16.9 Å². The Morgan fingerprint density at radius 3 is 2.87 bits per heavy atom. The quantitative estimate of drug-likeness (QED) is 0.743. The van der Waals surface area contributed by atoms with E-state index in [4.69, 9.17) is 11.6 Å². The van der Waals surface area contributed by atoms with Gasteiger partial charge in [0.1, 0.15) is 0 Å². The normalized spacial score (nSPS) is 12.5. The SMILES string of the molecule is CCc1nn(CC(C)C(=O)OC)cc1Cl. The molecule has 0 aliphatic rings. The fourth-order valence-corrected chi connectivity index (χ4v) is 1.61. The van der Waals surface area contributed by atoms with Crippen LogP contribution in [0.5, 0.6) is 0 Å². The number of hydrogen-bond acceptors (Lipinski definition) is 3. The van der Waals surface area contributed by atoms with E-state index in [0.29, 0.717) is 11.6 Å². The predicted octanol–water partition coefficient (Wildman–Crippen LogP) is 1.91.